The van der Waals surface area contributed by atoms with Crippen LogP contribution in [-0.2, 0) is 24.7 Å². The van der Waals surface area contributed by atoms with Gasteiger partial charge in [0.15, 0.2) is 9.84 Å². The average Bonchev–Trinajstić information content (AvgIpc) is 2.83. The fraction of sp³-hybridized carbons (Fsp3) is 0.500. The third-order valence-electron chi connectivity index (χ3n) is 3.72. The molecule has 0 unspecified atom stereocenters. The van der Waals surface area contributed by atoms with Gasteiger partial charge in [0.05, 0.1) is 23.1 Å². The lowest BCUT2D eigenvalue weighted by Gasteiger charge is -2.21. The van der Waals surface area contributed by atoms with Crippen LogP contribution in [0.4, 0.5) is 0 Å². The molecule has 1 atom stereocenters. The molecule has 1 aromatic carbocycles. The molecule has 1 aromatic rings. The molecule has 7 nitrogen and oxygen atoms in total. The first-order chi connectivity index (χ1) is 11.2. The average molecular weight is 395 g/mol. The van der Waals surface area contributed by atoms with Crippen LogP contribution in [0, 0.1) is 0 Å². The fourth-order valence-electron chi connectivity index (χ4n) is 2.50. The number of amides is 1. The topological polar surface area (TPSA) is 101 Å². The van der Waals surface area contributed by atoms with E-state index in [0.717, 1.165) is 4.31 Å². The van der Waals surface area contributed by atoms with Crippen LogP contribution in [0.3, 0.4) is 0 Å². The molecule has 0 bridgehead atoms. The maximum absolute atomic E-state index is 12.6. The van der Waals surface area contributed by atoms with Crippen molar-refractivity contribution in [3.63, 3.8) is 0 Å². The third kappa shape index (κ3) is 4.47. The Bertz CT molecular complexity index is 823. The molecule has 1 saturated heterocycles. The molecule has 0 aromatic heterocycles. The fourth-order valence-corrected chi connectivity index (χ4v) is 6.07. The lowest BCUT2D eigenvalue weighted by Crippen LogP contribution is -2.44. The van der Waals surface area contributed by atoms with Gasteiger partial charge in [0.25, 0.3) is 0 Å². The minimum Gasteiger partial charge on any atom is -0.351 e. The molecule has 10 heteroatoms. The summed E-state index contributed by atoms with van der Waals surface area (Å²) in [5.41, 5.74) is 0. The van der Waals surface area contributed by atoms with Crippen molar-refractivity contribution in [1.29, 1.82) is 0 Å². The summed E-state index contributed by atoms with van der Waals surface area (Å²) in [4.78, 5) is 12.0. The van der Waals surface area contributed by atoms with Gasteiger partial charge in [-0.3, -0.25) is 4.79 Å². The van der Waals surface area contributed by atoms with Crippen molar-refractivity contribution in [3.8, 4) is 0 Å². The molecule has 0 spiro atoms. The summed E-state index contributed by atoms with van der Waals surface area (Å²) >= 11 is 5.94. The van der Waals surface area contributed by atoms with Crippen LogP contribution in [0.2, 0.25) is 5.02 Å². The predicted octanol–water partition coefficient (Wildman–Crippen LogP) is 0.654. The molecule has 0 radical (unpaired) electrons. The molecule has 0 saturated carbocycles. The molecule has 1 aliphatic heterocycles. The van der Waals surface area contributed by atoms with E-state index in [0.29, 0.717) is 6.42 Å². The number of carbonyl (C=O) groups excluding carboxylic acids is 1. The van der Waals surface area contributed by atoms with Crippen molar-refractivity contribution in [2.24, 2.45) is 0 Å². The molecule has 1 fully saturated rings. The second kappa shape index (κ2) is 7.38. The van der Waals surface area contributed by atoms with Crippen molar-refractivity contribution in [1.82, 2.24) is 9.62 Å². The second-order valence-corrected chi connectivity index (χ2v) is 10.1. The van der Waals surface area contributed by atoms with Crippen molar-refractivity contribution in [3.05, 3.63) is 29.3 Å². The van der Waals surface area contributed by atoms with E-state index in [1.807, 2.05) is 0 Å². The van der Waals surface area contributed by atoms with E-state index in [9.17, 15) is 21.6 Å². The number of sulfone groups is 1. The van der Waals surface area contributed by atoms with E-state index in [2.05, 4.69) is 5.32 Å². The normalized spacial score (nSPS) is 20.2. The summed E-state index contributed by atoms with van der Waals surface area (Å²) in [6.07, 6.45) is 0.345. The third-order valence-corrected chi connectivity index (χ3v) is 7.91. The SMILES string of the molecule is CCN(CC(=O)N[C@H]1CCS(=O)(=O)C1)S(=O)(=O)c1ccccc1Cl. The summed E-state index contributed by atoms with van der Waals surface area (Å²) < 4.78 is 49.1. The number of nitrogens with zero attached hydrogens (tertiary/aromatic N) is 1. The Morgan fingerprint density at radius 1 is 1.38 bits per heavy atom. The van der Waals surface area contributed by atoms with E-state index in [1.165, 1.54) is 12.1 Å². The van der Waals surface area contributed by atoms with Gasteiger partial charge in [-0.15, -0.1) is 0 Å². The zero-order valence-corrected chi connectivity index (χ0v) is 15.5. The van der Waals surface area contributed by atoms with E-state index in [1.54, 1.807) is 19.1 Å². The first-order valence-corrected chi connectivity index (χ1v) is 11.0. The molecular weight excluding hydrogens is 376 g/mol. The molecule has 1 heterocycles. The molecule has 1 amide bonds. The van der Waals surface area contributed by atoms with Crippen molar-refractivity contribution >= 4 is 37.4 Å². The second-order valence-electron chi connectivity index (χ2n) is 5.53. The quantitative estimate of drug-likeness (QED) is 0.763. The lowest BCUT2D eigenvalue weighted by molar-refractivity contribution is -0.121. The number of rotatable bonds is 6. The summed E-state index contributed by atoms with van der Waals surface area (Å²) in [5, 5.41) is 2.66. The standard InChI is InChI=1S/C14H19ClN2O5S2/c1-2-17(24(21,22)13-6-4-3-5-12(13)15)9-14(18)16-11-7-8-23(19,20)10-11/h3-6,11H,2,7-10H2,1H3,(H,16,18)/t11-/m0/s1. The number of hydrogen-bond donors (Lipinski definition) is 1. The van der Waals surface area contributed by atoms with Crippen LogP contribution in [-0.4, -0.2) is 57.7 Å². The highest BCUT2D eigenvalue weighted by atomic mass is 35.5. The van der Waals surface area contributed by atoms with E-state index in [-0.39, 0.29) is 34.5 Å². The Kier molecular flexibility index (Phi) is 5.90. The zero-order chi connectivity index (χ0) is 18.0. The highest BCUT2D eigenvalue weighted by Crippen LogP contribution is 2.24. The van der Waals surface area contributed by atoms with Crippen LogP contribution < -0.4 is 5.32 Å². The summed E-state index contributed by atoms with van der Waals surface area (Å²) in [5.74, 6) is -0.607. The maximum atomic E-state index is 12.6. The Morgan fingerprint density at radius 3 is 2.58 bits per heavy atom. The Balaban J connectivity index is 2.09. The zero-order valence-electron chi connectivity index (χ0n) is 13.1. The van der Waals surface area contributed by atoms with E-state index in [4.69, 9.17) is 11.6 Å². The summed E-state index contributed by atoms with van der Waals surface area (Å²) in [6, 6.07) is 5.54. The minimum atomic E-state index is -3.91. The highest BCUT2D eigenvalue weighted by Gasteiger charge is 2.31. The molecule has 0 aliphatic carbocycles. The minimum absolute atomic E-state index is 0.0351. The van der Waals surface area contributed by atoms with Crippen molar-refractivity contribution in [2.45, 2.75) is 24.3 Å². The maximum Gasteiger partial charge on any atom is 0.245 e. The Morgan fingerprint density at radius 2 is 2.04 bits per heavy atom. The van der Waals surface area contributed by atoms with E-state index >= 15 is 0 Å². The smallest absolute Gasteiger partial charge is 0.245 e. The van der Waals surface area contributed by atoms with Crippen molar-refractivity contribution in [2.75, 3.05) is 24.6 Å². The lowest BCUT2D eigenvalue weighted by atomic mass is 10.2. The molecule has 24 heavy (non-hydrogen) atoms. The van der Waals surface area contributed by atoms with Crippen molar-refractivity contribution < 1.29 is 21.6 Å². The predicted molar refractivity (Wildman–Crippen MR) is 91.1 cm³/mol. The van der Waals surface area contributed by atoms with Crippen LogP contribution in [0.5, 0.6) is 0 Å². The van der Waals surface area contributed by atoms with Gasteiger partial charge in [-0.05, 0) is 18.6 Å². The molecule has 2 rings (SSSR count). The van der Waals surface area contributed by atoms with Crippen LogP contribution in [0.25, 0.3) is 0 Å². The Hall–Kier alpha value is -1.16. The van der Waals surface area contributed by atoms with Gasteiger partial charge in [0.1, 0.15) is 4.90 Å². The first-order valence-electron chi connectivity index (χ1n) is 7.40. The molecular formula is C14H19ClN2O5S2. The largest absolute Gasteiger partial charge is 0.351 e. The van der Waals surface area contributed by atoms with Gasteiger partial charge >= 0.3 is 0 Å². The number of benzene rings is 1. The monoisotopic (exact) mass is 394 g/mol. The summed E-state index contributed by atoms with van der Waals surface area (Å²) in [7, 11) is -7.03. The number of halogens is 1. The molecule has 1 N–H and O–H groups in total. The first kappa shape index (κ1) is 19.2. The van der Waals surface area contributed by atoms with E-state index < -0.39 is 31.8 Å². The van der Waals surface area contributed by atoms with Gasteiger partial charge in [-0.25, -0.2) is 16.8 Å². The number of carbonyl (C=O) groups is 1. The van der Waals surface area contributed by atoms with Crippen LogP contribution in [0.15, 0.2) is 29.2 Å². The number of sulfonamides is 1. The van der Waals surface area contributed by atoms with Gasteiger partial charge < -0.3 is 5.32 Å². The summed E-state index contributed by atoms with van der Waals surface area (Å²) in [6.45, 7) is 1.31. The molecule has 134 valence electrons. The highest BCUT2D eigenvalue weighted by molar-refractivity contribution is 7.91. The molecule has 1 aliphatic rings. The number of nitrogens with one attached hydrogen (secondary N) is 1. The number of likely N-dealkylation sites (N-methyl/N-ethyl adjacent to an activating group) is 1. The van der Waals surface area contributed by atoms with Gasteiger partial charge in [-0.1, -0.05) is 30.7 Å². The van der Waals surface area contributed by atoms with Crippen LogP contribution >= 0.6 is 11.6 Å². The van der Waals surface area contributed by atoms with Gasteiger partial charge in [0.2, 0.25) is 15.9 Å². The van der Waals surface area contributed by atoms with Gasteiger partial charge in [0, 0.05) is 12.6 Å². The number of hydrogen-bond acceptors (Lipinski definition) is 5. The Labute approximate surface area is 147 Å². The van der Waals surface area contributed by atoms with Gasteiger partial charge in [-0.2, -0.15) is 4.31 Å². The van der Waals surface area contributed by atoms with Crippen LogP contribution in [0.1, 0.15) is 13.3 Å².